The Morgan fingerprint density at radius 1 is 1.26 bits per heavy atom. The van der Waals surface area contributed by atoms with Gasteiger partial charge >= 0.3 is 0 Å². The van der Waals surface area contributed by atoms with Crippen LogP contribution in [0.5, 0.6) is 0 Å². The van der Waals surface area contributed by atoms with Crippen molar-refractivity contribution in [2.45, 2.75) is 20.3 Å². The quantitative estimate of drug-likeness (QED) is 0.845. The first-order valence-corrected chi connectivity index (χ1v) is 6.31. The van der Waals surface area contributed by atoms with E-state index in [4.69, 9.17) is 0 Å². The fourth-order valence-electron chi connectivity index (χ4n) is 2.14. The standard InChI is InChI=1S/C15H19N3O/c1-11-14(12(2)18(4)16-11)10-15(19)17(3)13-8-6-5-7-9-13/h5-9H,10H2,1-4H3. The van der Waals surface area contributed by atoms with Gasteiger partial charge in [0, 0.05) is 31.0 Å². The van der Waals surface area contributed by atoms with Crippen LogP contribution in [0.25, 0.3) is 0 Å². The average Bonchev–Trinajstić information content (AvgIpc) is 2.65. The van der Waals surface area contributed by atoms with E-state index >= 15 is 0 Å². The Hall–Kier alpha value is -2.10. The highest BCUT2D eigenvalue weighted by Crippen LogP contribution is 2.16. The lowest BCUT2D eigenvalue weighted by atomic mass is 10.1. The van der Waals surface area contributed by atoms with Crippen molar-refractivity contribution in [2.24, 2.45) is 7.05 Å². The number of rotatable bonds is 3. The summed E-state index contributed by atoms with van der Waals surface area (Å²) in [6, 6.07) is 9.66. The van der Waals surface area contributed by atoms with Gasteiger partial charge in [-0.05, 0) is 26.0 Å². The molecule has 0 aliphatic heterocycles. The molecule has 1 aromatic carbocycles. The smallest absolute Gasteiger partial charge is 0.231 e. The molecule has 19 heavy (non-hydrogen) atoms. The topological polar surface area (TPSA) is 38.1 Å². The second-order valence-electron chi connectivity index (χ2n) is 4.74. The van der Waals surface area contributed by atoms with Gasteiger partial charge in [-0.3, -0.25) is 9.48 Å². The van der Waals surface area contributed by atoms with E-state index < -0.39 is 0 Å². The second-order valence-corrected chi connectivity index (χ2v) is 4.74. The molecular formula is C15H19N3O. The number of para-hydroxylation sites is 1. The number of hydrogen-bond acceptors (Lipinski definition) is 2. The Bertz CT molecular complexity index is 587. The average molecular weight is 257 g/mol. The van der Waals surface area contributed by atoms with E-state index in [1.807, 2.05) is 55.9 Å². The molecule has 0 radical (unpaired) electrons. The van der Waals surface area contributed by atoms with E-state index in [0.717, 1.165) is 22.6 Å². The van der Waals surface area contributed by atoms with Gasteiger partial charge in [-0.2, -0.15) is 5.10 Å². The van der Waals surface area contributed by atoms with Crippen LogP contribution in [0.2, 0.25) is 0 Å². The SMILES string of the molecule is Cc1nn(C)c(C)c1CC(=O)N(C)c1ccccc1. The van der Waals surface area contributed by atoms with E-state index in [2.05, 4.69) is 5.10 Å². The fourth-order valence-corrected chi connectivity index (χ4v) is 2.14. The van der Waals surface area contributed by atoms with E-state index in [9.17, 15) is 4.79 Å². The van der Waals surface area contributed by atoms with E-state index in [1.165, 1.54) is 0 Å². The molecule has 4 heteroatoms. The van der Waals surface area contributed by atoms with Crippen LogP contribution in [-0.2, 0) is 18.3 Å². The van der Waals surface area contributed by atoms with Crippen molar-refractivity contribution in [3.05, 3.63) is 47.3 Å². The predicted molar refractivity (Wildman–Crippen MR) is 76.2 cm³/mol. The minimum absolute atomic E-state index is 0.0744. The summed E-state index contributed by atoms with van der Waals surface area (Å²) in [5.41, 5.74) is 3.91. The van der Waals surface area contributed by atoms with Gasteiger partial charge in [0.25, 0.3) is 0 Å². The maximum atomic E-state index is 12.3. The number of carbonyl (C=O) groups excluding carboxylic acids is 1. The highest BCUT2D eigenvalue weighted by Gasteiger charge is 2.17. The zero-order valence-corrected chi connectivity index (χ0v) is 11.8. The number of amides is 1. The molecule has 2 rings (SSSR count). The Balaban J connectivity index is 2.18. The van der Waals surface area contributed by atoms with Crippen LogP contribution in [0.1, 0.15) is 17.0 Å². The third-order valence-corrected chi connectivity index (χ3v) is 3.50. The molecule has 1 amide bonds. The van der Waals surface area contributed by atoms with E-state index in [1.54, 1.807) is 11.9 Å². The molecule has 0 aliphatic rings. The zero-order valence-electron chi connectivity index (χ0n) is 11.8. The third-order valence-electron chi connectivity index (χ3n) is 3.50. The van der Waals surface area contributed by atoms with Crippen LogP contribution < -0.4 is 4.90 Å². The van der Waals surface area contributed by atoms with Gasteiger partial charge in [0.2, 0.25) is 5.91 Å². The van der Waals surface area contributed by atoms with Gasteiger partial charge in [0.1, 0.15) is 0 Å². The molecule has 100 valence electrons. The molecule has 0 fully saturated rings. The summed E-state index contributed by atoms with van der Waals surface area (Å²) in [6.45, 7) is 3.93. The van der Waals surface area contributed by atoms with Crippen LogP contribution in [0.15, 0.2) is 30.3 Å². The summed E-state index contributed by atoms with van der Waals surface area (Å²) < 4.78 is 1.82. The van der Waals surface area contributed by atoms with Crippen molar-refractivity contribution < 1.29 is 4.79 Å². The lowest BCUT2D eigenvalue weighted by Gasteiger charge is -2.17. The molecule has 2 aromatic rings. The van der Waals surface area contributed by atoms with Crippen molar-refractivity contribution in [2.75, 3.05) is 11.9 Å². The third kappa shape index (κ3) is 2.67. The molecule has 0 saturated heterocycles. The summed E-state index contributed by atoms with van der Waals surface area (Å²) in [6.07, 6.45) is 0.386. The minimum atomic E-state index is 0.0744. The van der Waals surface area contributed by atoms with Crippen molar-refractivity contribution >= 4 is 11.6 Å². The van der Waals surface area contributed by atoms with Crippen molar-refractivity contribution in [1.82, 2.24) is 9.78 Å². The molecule has 0 saturated carbocycles. The normalized spacial score (nSPS) is 10.5. The highest BCUT2D eigenvalue weighted by atomic mass is 16.2. The second kappa shape index (κ2) is 5.26. The molecule has 1 aromatic heterocycles. The van der Waals surface area contributed by atoms with Gasteiger partial charge in [-0.1, -0.05) is 18.2 Å². The van der Waals surface area contributed by atoms with Crippen molar-refractivity contribution in [3.8, 4) is 0 Å². The number of carbonyl (C=O) groups is 1. The van der Waals surface area contributed by atoms with Crippen molar-refractivity contribution in [1.29, 1.82) is 0 Å². The summed E-state index contributed by atoms with van der Waals surface area (Å²) in [5, 5.41) is 4.34. The van der Waals surface area contributed by atoms with Crippen LogP contribution in [0.4, 0.5) is 5.69 Å². The maximum Gasteiger partial charge on any atom is 0.231 e. The molecule has 0 spiro atoms. The van der Waals surface area contributed by atoms with Crippen molar-refractivity contribution in [3.63, 3.8) is 0 Å². The largest absolute Gasteiger partial charge is 0.315 e. The molecule has 0 unspecified atom stereocenters. The predicted octanol–water partition coefficient (Wildman–Crippen LogP) is 2.24. The lowest BCUT2D eigenvalue weighted by Crippen LogP contribution is -2.28. The number of likely N-dealkylation sites (N-methyl/N-ethyl adjacent to an activating group) is 1. The molecule has 0 atom stereocenters. The van der Waals surface area contributed by atoms with Crippen LogP contribution >= 0.6 is 0 Å². The number of anilines is 1. The Kier molecular flexibility index (Phi) is 3.69. The highest BCUT2D eigenvalue weighted by molar-refractivity contribution is 5.94. The summed E-state index contributed by atoms with van der Waals surface area (Å²) in [5.74, 6) is 0.0744. The Morgan fingerprint density at radius 3 is 2.42 bits per heavy atom. The van der Waals surface area contributed by atoms with Gasteiger partial charge in [0.15, 0.2) is 0 Å². The number of hydrogen-bond donors (Lipinski definition) is 0. The number of nitrogens with zero attached hydrogens (tertiary/aromatic N) is 3. The van der Waals surface area contributed by atoms with Gasteiger partial charge in [0.05, 0.1) is 12.1 Å². The van der Waals surface area contributed by atoms with Gasteiger partial charge < -0.3 is 4.90 Å². The minimum Gasteiger partial charge on any atom is -0.315 e. The Morgan fingerprint density at radius 2 is 1.89 bits per heavy atom. The molecule has 1 heterocycles. The first-order chi connectivity index (χ1) is 9.00. The van der Waals surface area contributed by atoms with Crippen LogP contribution in [-0.4, -0.2) is 22.7 Å². The first kappa shape index (κ1) is 13.3. The number of aromatic nitrogens is 2. The van der Waals surface area contributed by atoms with Crippen LogP contribution in [0, 0.1) is 13.8 Å². The van der Waals surface area contributed by atoms with Gasteiger partial charge in [-0.15, -0.1) is 0 Å². The fraction of sp³-hybridized carbons (Fsp3) is 0.333. The summed E-state index contributed by atoms with van der Waals surface area (Å²) in [4.78, 5) is 14.0. The van der Waals surface area contributed by atoms with E-state index in [0.29, 0.717) is 6.42 Å². The Labute approximate surface area is 113 Å². The molecule has 0 bridgehead atoms. The summed E-state index contributed by atoms with van der Waals surface area (Å²) in [7, 11) is 3.70. The monoisotopic (exact) mass is 257 g/mol. The molecule has 0 aliphatic carbocycles. The zero-order chi connectivity index (χ0) is 14.0. The molecule has 4 nitrogen and oxygen atoms in total. The van der Waals surface area contributed by atoms with Gasteiger partial charge in [-0.25, -0.2) is 0 Å². The molecule has 0 N–H and O–H groups in total. The molecular weight excluding hydrogens is 238 g/mol. The van der Waals surface area contributed by atoms with E-state index in [-0.39, 0.29) is 5.91 Å². The number of aryl methyl sites for hydroxylation is 2. The first-order valence-electron chi connectivity index (χ1n) is 6.31. The lowest BCUT2D eigenvalue weighted by molar-refractivity contribution is -0.117. The number of benzene rings is 1. The summed E-state index contributed by atoms with van der Waals surface area (Å²) >= 11 is 0. The van der Waals surface area contributed by atoms with Crippen LogP contribution in [0.3, 0.4) is 0 Å². The maximum absolute atomic E-state index is 12.3.